The second-order valence-electron chi connectivity index (χ2n) is 4.65. The molecule has 6 nitrogen and oxygen atoms in total. The summed E-state index contributed by atoms with van der Waals surface area (Å²) in [6.07, 6.45) is 1.62. The van der Waals surface area contributed by atoms with Crippen LogP contribution in [0.5, 0.6) is 0 Å². The van der Waals surface area contributed by atoms with E-state index in [0.29, 0.717) is 11.6 Å². The first kappa shape index (κ1) is 15.0. The number of nitrogens with two attached hydrogens (primary N) is 1. The highest BCUT2D eigenvalue weighted by Gasteiger charge is 2.29. The topological polar surface area (TPSA) is 77.6 Å². The van der Waals surface area contributed by atoms with E-state index in [-0.39, 0.29) is 23.5 Å². The molecule has 20 heavy (non-hydrogen) atoms. The van der Waals surface area contributed by atoms with Gasteiger partial charge in [-0.15, -0.1) is 0 Å². The molecule has 2 N–H and O–H groups in total. The Kier molecular flexibility index (Phi) is 4.45. The van der Waals surface area contributed by atoms with Gasteiger partial charge in [0, 0.05) is 13.6 Å². The minimum absolute atomic E-state index is 0.113. The summed E-state index contributed by atoms with van der Waals surface area (Å²) in [6.45, 7) is 0.710. The molecule has 2 amide bonds. The highest BCUT2D eigenvalue weighted by Crippen LogP contribution is 2.26. The number of rotatable bonds is 3. The molecule has 1 aliphatic rings. The molecule has 8 heteroatoms. The molecule has 110 valence electrons. The lowest BCUT2D eigenvalue weighted by atomic mass is 10.2. The van der Waals surface area contributed by atoms with Crippen LogP contribution in [-0.2, 0) is 11.8 Å². The van der Waals surface area contributed by atoms with E-state index < -0.39 is 12.0 Å². The van der Waals surface area contributed by atoms with Crippen molar-refractivity contribution in [2.75, 3.05) is 13.2 Å². The van der Waals surface area contributed by atoms with Crippen LogP contribution in [0.15, 0.2) is 6.07 Å². The standard InChI is InChI=1S/C12H15Cl2N3O3/c1-16-9(5-8(13)10(16)14)11(18)20-6-7-3-2-4-17(7)12(15)19/h5,7H,2-4,6H2,1H3,(H2,15,19)/t7-/m0/s1. The molecule has 0 aliphatic carbocycles. The largest absolute Gasteiger partial charge is 0.459 e. The van der Waals surface area contributed by atoms with E-state index in [9.17, 15) is 9.59 Å². The number of amides is 2. The molecule has 1 fully saturated rings. The zero-order chi connectivity index (χ0) is 14.9. The maximum Gasteiger partial charge on any atom is 0.355 e. The molecule has 0 bridgehead atoms. The Bertz CT molecular complexity index is 544. The summed E-state index contributed by atoms with van der Waals surface area (Å²) < 4.78 is 6.67. The Labute approximate surface area is 126 Å². The number of hydrogen-bond acceptors (Lipinski definition) is 3. The number of primary amides is 1. The average Bonchev–Trinajstić information content (AvgIpc) is 2.97. The number of esters is 1. The minimum atomic E-state index is -0.530. The number of ether oxygens (including phenoxy) is 1. The van der Waals surface area contributed by atoms with Crippen molar-refractivity contribution in [2.24, 2.45) is 12.8 Å². The van der Waals surface area contributed by atoms with Crippen LogP contribution in [0.2, 0.25) is 10.2 Å². The first-order valence-corrected chi connectivity index (χ1v) is 6.91. The summed E-state index contributed by atoms with van der Waals surface area (Å²) in [5, 5.41) is 0.569. The summed E-state index contributed by atoms with van der Waals surface area (Å²) in [4.78, 5) is 24.7. The van der Waals surface area contributed by atoms with Crippen molar-refractivity contribution in [1.29, 1.82) is 0 Å². The van der Waals surface area contributed by atoms with Gasteiger partial charge in [-0.2, -0.15) is 0 Å². The second-order valence-corrected chi connectivity index (χ2v) is 5.42. The van der Waals surface area contributed by atoms with E-state index in [0.717, 1.165) is 12.8 Å². The first-order valence-electron chi connectivity index (χ1n) is 6.15. The lowest BCUT2D eigenvalue weighted by Crippen LogP contribution is -2.42. The molecular formula is C12H15Cl2N3O3. The van der Waals surface area contributed by atoms with E-state index in [1.54, 1.807) is 7.05 Å². The molecule has 0 aromatic carbocycles. The van der Waals surface area contributed by atoms with Crippen LogP contribution < -0.4 is 5.73 Å². The fraction of sp³-hybridized carbons (Fsp3) is 0.500. The van der Waals surface area contributed by atoms with Crippen molar-refractivity contribution in [3.8, 4) is 0 Å². The average molecular weight is 320 g/mol. The predicted molar refractivity (Wildman–Crippen MR) is 75.0 cm³/mol. The number of carbonyl (C=O) groups excluding carboxylic acids is 2. The van der Waals surface area contributed by atoms with E-state index in [4.69, 9.17) is 33.7 Å². The zero-order valence-corrected chi connectivity index (χ0v) is 12.4. The molecule has 1 aliphatic heterocycles. The Balaban J connectivity index is 1.98. The van der Waals surface area contributed by atoms with Gasteiger partial charge in [0.25, 0.3) is 0 Å². The lowest BCUT2D eigenvalue weighted by Gasteiger charge is -2.22. The Morgan fingerprint density at radius 2 is 2.20 bits per heavy atom. The molecule has 0 saturated carbocycles. The second kappa shape index (κ2) is 5.93. The van der Waals surface area contributed by atoms with Gasteiger partial charge in [0.15, 0.2) is 0 Å². The van der Waals surface area contributed by atoms with Crippen LogP contribution in [0.3, 0.4) is 0 Å². The Hall–Kier alpha value is -1.40. The third kappa shape index (κ3) is 2.86. The third-order valence-electron chi connectivity index (χ3n) is 3.39. The highest BCUT2D eigenvalue weighted by atomic mass is 35.5. The molecule has 2 rings (SSSR count). The monoisotopic (exact) mass is 319 g/mol. The van der Waals surface area contributed by atoms with Crippen molar-refractivity contribution < 1.29 is 14.3 Å². The first-order chi connectivity index (χ1) is 9.41. The van der Waals surface area contributed by atoms with Crippen LogP contribution in [0.1, 0.15) is 23.3 Å². The van der Waals surface area contributed by atoms with Gasteiger partial charge in [0.05, 0.1) is 11.1 Å². The number of urea groups is 1. The highest BCUT2D eigenvalue weighted by molar-refractivity contribution is 6.41. The quantitative estimate of drug-likeness (QED) is 0.866. The van der Waals surface area contributed by atoms with Gasteiger partial charge in [-0.1, -0.05) is 23.2 Å². The van der Waals surface area contributed by atoms with Crippen LogP contribution in [-0.4, -0.2) is 40.7 Å². The molecule has 1 saturated heterocycles. The Morgan fingerprint density at radius 3 is 2.75 bits per heavy atom. The molecule has 0 unspecified atom stereocenters. The molecule has 0 radical (unpaired) electrons. The van der Waals surface area contributed by atoms with Gasteiger partial charge in [-0.25, -0.2) is 9.59 Å². The normalized spacial score (nSPS) is 18.4. The smallest absolute Gasteiger partial charge is 0.355 e. The molecule has 1 aromatic rings. The van der Waals surface area contributed by atoms with Crippen molar-refractivity contribution in [1.82, 2.24) is 9.47 Å². The van der Waals surface area contributed by atoms with E-state index in [2.05, 4.69) is 0 Å². The predicted octanol–water partition coefficient (Wildman–Crippen LogP) is 2.03. The summed E-state index contributed by atoms with van der Waals surface area (Å²) >= 11 is 11.7. The van der Waals surface area contributed by atoms with Gasteiger partial charge < -0.3 is 19.9 Å². The van der Waals surface area contributed by atoms with Crippen LogP contribution in [0.25, 0.3) is 0 Å². The molecular weight excluding hydrogens is 305 g/mol. The van der Waals surface area contributed by atoms with Gasteiger partial charge in [-0.05, 0) is 18.9 Å². The summed E-state index contributed by atoms with van der Waals surface area (Å²) in [5.74, 6) is -0.530. The summed E-state index contributed by atoms with van der Waals surface area (Å²) in [6, 6.07) is 0.795. The zero-order valence-electron chi connectivity index (χ0n) is 10.9. The van der Waals surface area contributed by atoms with Crippen LogP contribution >= 0.6 is 23.2 Å². The number of carbonyl (C=O) groups is 2. The van der Waals surface area contributed by atoms with Crippen LogP contribution in [0.4, 0.5) is 4.79 Å². The fourth-order valence-electron chi connectivity index (χ4n) is 2.28. The van der Waals surface area contributed by atoms with Crippen molar-refractivity contribution in [3.63, 3.8) is 0 Å². The lowest BCUT2D eigenvalue weighted by molar-refractivity contribution is 0.0411. The molecule has 2 heterocycles. The number of hydrogen-bond donors (Lipinski definition) is 1. The SMILES string of the molecule is Cn1c(C(=O)OC[C@@H]2CCCN2C(N)=O)cc(Cl)c1Cl. The molecule has 0 spiro atoms. The summed E-state index contributed by atoms with van der Waals surface area (Å²) in [7, 11) is 1.62. The fourth-order valence-corrected chi connectivity index (χ4v) is 2.66. The van der Waals surface area contributed by atoms with Gasteiger partial charge in [0.2, 0.25) is 0 Å². The molecule has 1 aromatic heterocycles. The maximum atomic E-state index is 12.0. The van der Waals surface area contributed by atoms with Gasteiger partial charge >= 0.3 is 12.0 Å². The molecule has 1 atom stereocenters. The van der Waals surface area contributed by atoms with E-state index in [1.165, 1.54) is 15.5 Å². The van der Waals surface area contributed by atoms with Gasteiger partial charge in [-0.3, -0.25) is 0 Å². The summed E-state index contributed by atoms with van der Waals surface area (Å²) in [5.41, 5.74) is 5.53. The minimum Gasteiger partial charge on any atom is -0.459 e. The van der Waals surface area contributed by atoms with Gasteiger partial charge in [0.1, 0.15) is 17.5 Å². The number of nitrogens with zero attached hydrogens (tertiary/aromatic N) is 2. The number of halogens is 2. The van der Waals surface area contributed by atoms with E-state index in [1.807, 2.05) is 0 Å². The van der Waals surface area contributed by atoms with Crippen LogP contribution in [0, 0.1) is 0 Å². The number of likely N-dealkylation sites (tertiary alicyclic amines) is 1. The van der Waals surface area contributed by atoms with E-state index >= 15 is 0 Å². The number of aromatic nitrogens is 1. The third-order valence-corrected chi connectivity index (χ3v) is 4.23. The Morgan fingerprint density at radius 1 is 1.50 bits per heavy atom. The van der Waals surface area contributed by atoms with Crippen molar-refractivity contribution in [2.45, 2.75) is 18.9 Å². The van der Waals surface area contributed by atoms with Crippen molar-refractivity contribution in [3.05, 3.63) is 21.9 Å². The van der Waals surface area contributed by atoms with Crippen molar-refractivity contribution >= 4 is 35.2 Å². The maximum absolute atomic E-state index is 12.0.